The van der Waals surface area contributed by atoms with E-state index in [0.717, 1.165) is 11.3 Å². The van der Waals surface area contributed by atoms with Crippen molar-refractivity contribution >= 4 is 7.12 Å². The molecule has 0 fully saturated rings. The van der Waals surface area contributed by atoms with Gasteiger partial charge in [-0.1, -0.05) is 24.2 Å². The molecule has 2 N–H and O–H groups in total. The second kappa shape index (κ2) is 7.06. The van der Waals surface area contributed by atoms with Gasteiger partial charge in [0.2, 0.25) is 0 Å². The average molecular weight is 222 g/mol. The van der Waals surface area contributed by atoms with Crippen LogP contribution in [0.4, 0.5) is 0 Å². The highest BCUT2D eigenvalue weighted by molar-refractivity contribution is 6.47. The quantitative estimate of drug-likeness (QED) is 0.551. The Morgan fingerprint density at radius 1 is 1.25 bits per heavy atom. The molecule has 0 radical (unpaired) electrons. The summed E-state index contributed by atoms with van der Waals surface area (Å²) in [6, 6.07) is 7.57. The van der Waals surface area contributed by atoms with Gasteiger partial charge in [-0.15, -0.1) is 0 Å². The van der Waals surface area contributed by atoms with Gasteiger partial charge in [0.15, 0.2) is 0 Å². The van der Waals surface area contributed by atoms with Crippen molar-refractivity contribution in [3.63, 3.8) is 0 Å². The Balaban J connectivity index is 2.26. The lowest BCUT2D eigenvalue weighted by Crippen LogP contribution is -2.06. The van der Waals surface area contributed by atoms with Crippen LogP contribution in [-0.2, 0) is 11.3 Å². The van der Waals surface area contributed by atoms with E-state index in [9.17, 15) is 0 Å². The zero-order chi connectivity index (χ0) is 11.8. The molecule has 1 aromatic rings. The lowest BCUT2D eigenvalue weighted by molar-refractivity contribution is 0.148. The maximum absolute atomic E-state index is 8.53. The van der Waals surface area contributed by atoms with Gasteiger partial charge in [0.05, 0.1) is 20.3 Å². The smallest absolute Gasteiger partial charge is 0.480 e. The topological polar surface area (TPSA) is 58.9 Å². The molecule has 0 unspecified atom stereocenters. The fourth-order valence-corrected chi connectivity index (χ4v) is 1.14. The van der Waals surface area contributed by atoms with Crippen molar-refractivity contribution in [1.82, 2.24) is 0 Å². The minimum Gasteiger partial charge on any atom is -0.497 e. The van der Waals surface area contributed by atoms with Gasteiger partial charge in [-0.25, -0.2) is 0 Å². The van der Waals surface area contributed by atoms with Crippen molar-refractivity contribution in [3.05, 3.63) is 41.9 Å². The van der Waals surface area contributed by atoms with Crippen LogP contribution in [0.5, 0.6) is 5.75 Å². The van der Waals surface area contributed by atoms with Crippen LogP contribution in [0, 0.1) is 0 Å². The van der Waals surface area contributed by atoms with E-state index in [1.807, 2.05) is 24.3 Å². The third-order valence-electron chi connectivity index (χ3n) is 1.95. The predicted octanol–water partition coefficient (Wildman–Crippen LogP) is 0.780. The zero-order valence-electron chi connectivity index (χ0n) is 9.17. The Kier molecular flexibility index (Phi) is 5.63. The number of hydrogen-bond donors (Lipinski definition) is 2. The van der Waals surface area contributed by atoms with Crippen LogP contribution in [0.1, 0.15) is 5.56 Å². The Hall–Kier alpha value is -1.30. The molecule has 0 aliphatic carbocycles. The van der Waals surface area contributed by atoms with Gasteiger partial charge in [-0.3, -0.25) is 0 Å². The first kappa shape index (κ1) is 12.8. The van der Waals surface area contributed by atoms with Crippen molar-refractivity contribution < 1.29 is 19.5 Å². The molecular weight excluding hydrogens is 207 g/mol. The van der Waals surface area contributed by atoms with E-state index in [2.05, 4.69) is 0 Å². The first-order valence-electron chi connectivity index (χ1n) is 4.96. The Morgan fingerprint density at radius 3 is 2.50 bits per heavy atom. The minimum absolute atomic E-state index is 0.351. The second-order valence-corrected chi connectivity index (χ2v) is 3.20. The number of hydrogen-bond acceptors (Lipinski definition) is 4. The summed E-state index contributed by atoms with van der Waals surface area (Å²) >= 11 is 0. The van der Waals surface area contributed by atoms with Crippen LogP contribution < -0.4 is 4.74 Å². The highest BCUT2D eigenvalue weighted by Crippen LogP contribution is 2.11. The largest absolute Gasteiger partial charge is 0.497 e. The Bertz CT molecular complexity index is 321. The fourth-order valence-electron chi connectivity index (χ4n) is 1.14. The molecule has 0 saturated carbocycles. The predicted molar refractivity (Wildman–Crippen MR) is 62.0 cm³/mol. The number of ether oxygens (including phenoxy) is 2. The molecule has 0 heterocycles. The summed E-state index contributed by atoms with van der Waals surface area (Å²) in [5.74, 6) is 2.07. The molecule has 1 rings (SSSR count). The van der Waals surface area contributed by atoms with Crippen LogP contribution in [0.15, 0.2) is 36.3 Å². The van der Waals surface area contributed by atoms with E-state index < -0.39 is 7.12 Å². The Labute approximate surface area is 95.3 Å². The maximum atomic E-state index is 8.53. The minimum atomic E-state index is -1.41. The van der Waals surface area contributed by atoms with Gasteiger partial charge >= 0.3 is 7.12 Å². The standard InChI is InChI=1S/C11H15BO4/c1-15-11-5-3-10(4-6-11)9-16-8-2-7-12(13)14/h2-7,13-14H,8-9H2,1H3/b7-2+. The van der Waals surface area contributed by atoms with Gasteiger partial charge in [0, 0.05) is 0 Å². The van der Waals surface area contributed by atoms with Crippen molar-refractivity contribution in [2.24, 2.45) is 0 Å². The van der Waals surface area contributed by atoms with Crippen molar-refractivity contribution in [3.8, 4) is 5.75 Å². The van der Waals surface area contributed by atoms with Crippen molar-refractivity contribution in [2.45, 2.75) is 6.61 Å². The van der Waals surface area contributed by atoms with E-state index in [1.165, 1.54) is 5.98 Å². The highest BCUT2D eigenvalue weighted by atomic mass is 16.5. The molecule has 86 valence electrons. The van der Waals surface area contributed by atoms with Crippen LogP contribution in [0.2, 0.25) is 0 Å². The third-order valence-corrected chi connectivity index (χ3v) is 1.95. The van der Waals surface area contributed by atoms with Crippen LogP contribution >= 0.6 is 0 Å². The van der Waals surface area contributed by atoms with Crippen molar-refractivity contribution in [1.29, 1.82) is 0 Å². The van der Waals surface area contributed by atoms with Crippen LogP contribution in [0.3, 0.4) is 0 Å². The van der Waals surface area contributed by atoms with Crippen molar-refractivity contribution in [2.75, 3.05) is 13.7 Å². The first-order valence-corrected chi connectivity index (χ1v) is 4.96. The van der Waals surface area contributed by atoms with Crippen LogP contribution in [0.25, 0.3) is 0 Å². The average Bonchev–Trinajstić information content (AvgIpc) is 2.29. The van der Waals surface area contributed by atoms with Gasteiger partial charge in [-0.2, -0.15) is 0 Å². The molecule has 0 saturated heterocycles. The molecule has 0 aromatic heterocycles. The molecule has 0 amide bonds. The van der Waals surface area contributed by atoms with E-state index in [4.69, 9.17) is 19.5 Å². The molecule has 16 heavy (non-hydrogen) atoms. The SMILES string of the molecule is COc1ccc(COC/C=C/B(O)O)cc1. The number of rotatable bonds is 6. The molecule has 4 nitrogen and oxygen atoms in total. The molecule has 5 heteroatoms. The molecule has 0 aliphatic heterocycles. The highest BCUT2D eigenvalue weighted by Gasteiger charge is 1.97. The zero-order valence-corrected chi connectivity index (χ0v) is 9.17. The lowest BCUT2D eigenvalue weighted by atomic mass is 9.92. The molecule has 0 atom stereocenters. The van der Waals surface area contributed by atoms with E-state index >= 15 is 0 Å². The molecule has 1 aromatic carbocycles. The second-order valence-electron chi connectivity index (χ2n) is 3.20. The van der Waals surface area contributed by atoms with Gasteiger partial charge < -0.3 is 19.5 Å². The number of methoxy groups -OCH3 is 1. The normalized spacial score (nSPS) is 10.7. The van der Waals surface area contributed by atoms with Gasteiger partial charge in [-0.05, 0) is 17.7 Å². The van der Waals surface area contributed by atoms with Crippen LogP contribution in [-0.4, -0.2) is 30.9 Å². The van der Waals surface area contributed by atoms with E-state index in [1.54, 1.807) is 13.2 Å². The summed E-state index contributed by atoms with van der Waals surface area (Å²) in [5, 5.41) is 17.1. The number of benzene rings is 1. The van der Waals surface area contributed by atoms with Gasteiger partial charge in [0.1, 0.15) is 5.75 Å². The summed E-state index contributed by atoms with van der Waals surface area (Å²) in [6.45, 7) is 0.833. The summed E-state index contributed by atoms with van der Waals surface area (Å²) in [7, 11) is 0.209. The summed E-state index contributed by atoms with van der Waals surface area (Å²) in [6.07, 6.45) is 1.56. The molecule has 0 aliphatic rings. The monoisotopic (exact) mass is 222 g/mol. The summed E-state index contributed by atoms with van der Waals surface area (Å²) in [5.41, 5.74) is 1.04. The lowest BCUT2D eigenvalue weighted by Gasteiger charge is -2.03. The van der Waals surface area contributed by atoms with E-state index in [-0.39, 0.29) is 0 Å². The van der Waals surface area contributed by atoms with Gasteiger partial charge in [0.25, 0.3) is 0 Å². The molecular formula is C11H15BO4. The summed E-state index contributed by atoms with van der Waals surface area (Å²) in [4.78, 5) is 0. The maximum Gasteiger partial charge on any atom is 0.480 e. The van der Waals surface area contributed by atoms with E-state index in [0.29, 0.717) is 13.2 Å². The third kappa shape index (κ3) is 4.98. The Morgan fingerprint density at radius 2 is 1.94 bits per heavy atom. The molecule has 0 bridgehead atoms. The molecule has 0 spiro atoms. The summed E-state index contributed by atoms with van der Waals surface area (Å²) < 4.78 is 10.3. The fraction of sp³-hybridized carbons (Fsp3) is 0.273. The first-order chi connectivity index (χ1) is 7.72.